The van der Waals surface area contributed by atoms with E-state index in [4.69, 9.17) is 0 Å². The summed E-state index contributed by atoms with van der Waals surface area (Å²) in [6.07, 6.45) is 6.22. The number of hydrogen-bond donors (Lipinski definition) is 2. The number of carbonyl (C=O) groups excluding carboxylic acids is 1. The van der Waals surface area contributed by atoms with Gasteiger partial charge in [-0.3, -0.25) is 9.59 Å². The first-order valence-electron chi connectivity index (χ1n) is 7.45. The molecular weight excluding hydrogens is 290 g/mol. The molecule has 0 aromatic carbocycles. The third kappa shape index (κ3) is 3.66. The van der Waals surface area contributed by atoms with Gasteiger partial charge in [0.1, 0.15) is 0 Å². The molecule has 0 saturated carbocycles. The van der Waals surface area contributed by atoms with Gasteiger partial charge in [-0.1, -0.05) is 0 Å². The van der Waals surface area contributed by atoms with E-state index in [1.165, 1.54) is 25.1 Å². The number of halogens is 1. The Morgan fingerprint density at radius 1 is 1.19 bits per heavy atom. The number of piperidine rings is 1. The lowest BCUT2D eigenvalue weighted by Crippen LogP contribution is -2.43. The van der Waals surface area contributed by atoms with Gasteiger partial charge in [0.2, 0.25) is 5.56 Å². The van der Waals surface area contributed by atoms with Gasteiger partial charge in [-0.05, 0) is 44.2 Å². The molecule has 0 aliphatic carbocycles. The fourth-order valence-electron chi connectivity index (χ4n) is 3.34. The first-order chi connectivity index (χ1) is 9.74. The van der Waals surface area contributed by atoms with E-state index in [1.54, 1.807) is 6.07 Å². The highest BCUT2D eigenvalue weighted by atomic mass is 35.5. The van der Waals surface area contributed by atoms with Gasteiger partial charge in [-0.2, -0.15) is 0 Å². The maximum atomic E-state index is 12.3. The van der Waals surface area contributed by atoms with Gasteiger partial charge in [0.15, 0.2) is 0 Å². The summed E-state index contributed by atoms with van der Waals surface area (Å²) >= 11 is 0. The van der Waals surface area contributed by atoms with Crippen LogP contribution in [0, 0.1) is 5.92 Å². The highest BCUT2D eigenvalue weighted by Crippen LogP contribution is 2.26. The van der Waals surface area contributed by atoms with Crippen LogP contribution >= 0.6 is 12.4 Å². The third-order valence-corrected chi connectivity index (χ3v) is 4.53. The minimum Gasteiger partial charge on any atom is -0.339 e. The van der Waals surface area contributed by atoms with Crippen LogP contribution in [0.25, 0.3) is 0 Å². The van der Waals surface area contributed by atoms with E-state index in [2.05, 4.69) is 10.3 Å². The summed E-state index contributed by atoms with van der Waals surface area (Å²) in [6, 6.07) is 3.66. The second-order valence-electron chi connectivity index (χ2n) is 5.77. The number of carbonyl (C=O) groups is 1. The molecular formula is C15H22ClN3O2. The van der Waals surface area contributed by atoms with Crippen molar-refractivity contribution in [3.05, 3.63) is 34.2 Å². The van der Waals surface area contributed by atoms with Crippen LogP contribution in [-0.4, -0.2) is 41.5 Å². The van der Waals surface area contributed by atoms with E-state index in [-0.39, 0.29) is 23.9 Å². The molecule has 2 fully saturated rings. The van der Waals surface area contributed by atoms with Gasteiger partial charge in [0.05, 0.1) is 5.56 Å². The number of nitrogens with one attached hydrogen (secondary N) is 2. The summed E-state index contributed by atoms with van der Waals surface area (Å²) in [7, 11) is 0. The van der Waals surface area contributed by atoms with E-state index in [0.29, 0.717) is 17.5 Å². The number of aromatic amines is 1. The number of pyridine rings is 1. The minimum absolute atomic E-state index is 0. The molecule has 0 bridgehead atoms. The predicted octanol–water partition coefficient (Wildman–Crippen LogP) is 1.40. The fourth-order valence-corrected chi connectivity index (χ4v) is 3.34. The van der Waals surface area contributed by atoms with Crippen LogP contribution in [-0.2, 0) is 0 Å². The Balaban J connectivity index is 0.00000161. The summed E-state index contributed by atoms with van der Waals surface area (Å²) < 4.78 is 0. The molecule has 1 aromatic rings. The fraction of sp³-hybridized carbons (Fsp3) is 0.600. The second kappa shape index (κ2) is 7.09. The van der Waals surface area contributed by atoms with Crippen molar-refractivity contribution in [3.8, 4) is 0 Å². The molecule has 21 heavy (non-hydrogen) atoms. The maximum absolute atomic E-state index is 12.3. The Morgan fingerprint density at radius 3 is 2.52 bits per heavy atom. The SMILES string of the molecule is Cl.O=C(c1ccc(=O)[nH]c1)N1CCC(C2CCCN2)CC1. The highest BCUT2D eigenvalue weighted by Gasteiger charge is 2.30. The normalized spacial score (nSPS) is 22.9. The molecule has 2 aliphatic rings. The van der Waals surface area contributed by atoms with Crippen LogP contribution in [0.4, 0.5) is 0 Å². The van der Waals surface area contributed by atoms with Gasteiger partial charge >= 0.3 is 0 Å². The van der Waals surface area contributed by atoms with Crippen LogP contribution in [0.15, 0.2) is 23.1 Å². The van der Waals surface area contributed by atoms with Gasteiger partial charge in [-0.25, -0.2) is 0 Å². The zero-order valence-corrected chi connectivity index (χ0v) is 12.8. The van der Waals surface area contributed by atoms with Crippen LogP contribution in [0.2, 0.25) is 0 Å². The average Bonchev–Trinajstić information content (AvgIpc) is 3.02. The van der Waals surface area contributed by atoms with Crippen molar-refractivity contribution in [3.63, 3.8) is 0 Å². The molecule has 2 N–H and O–H groups in total. The Kier molecular flexibility index (Phi) is 5.42. The number of likely N-dealkylation sites (tertiary alicyclic amines) is 1. The van der Waals surface area contributed by atoms with Crippen molar-refractivity contribution in [2.75, 3.05) is 19.6 Å². The number of nitrogens with zero attached hydrogens (tertiary/aromatic N) is 1. The van der Waals surface area contributed by atoms with Gasteiger partial charge in [0.25, 0.3) is 5.91 Å². The predicted molar refractivity (Wildman–Crippen MR) is 84.0 cm³/mol. The van der Waals surface area contributed by atoms with Gasteiger partial charge in [-0.15, -0.1) is 12.4 Å². The number of rotatable bonds is 2. The standard InChI is InChI=1S/C15H21N3O2.ClH/c19-14-4-3-12(10-17-14)15(20)18-8-5-11(6-9-18)13-2-1-7-16-13;/h3-4,10-11,13,16H,1-2,5-9H2,(H,17,19);1H. The minimum atomic E-state index is -0.174. The summed E-state index contributed by atoms with van der Waals surface area (Å²) in [6.45, 7) is 2.78. The maximum Gasteiger partial charge on any atom is 0.255 e. The lowest BCUT2D eigenvalue weighted by molar-refractivity contribution is 0.0674. The first kappa shape index (κ1) is 16.0. The largest absolute Gasteiger partial charge is 0.339 e. The molecule has 2 aliphatic heterocycles. The Morgan fingerprint density at radius 2 is 1.95 bits per heavy atom. The Hall–Kier alpha value is -1.33. The molecule has 0 radical (unpaired) electrons. The summed E-state index contributed by atoms with van der Waals surface area (Å²) in [5.74, 6) is 0.733. The molecule has 0 spiro atoms. The lowest BCUT2D eigenvalue weighted by Gasteiger charge is -2.34. The number of hydrogen-bond acceptors (Lipinski definition) is 3. The van der Waals surface area contributed by atoms with Crippen LogP contribution in [0.5, 0.6) is 0 Å². The monoisotopic (exact) mass is 311 g/mol. The zero-order chi connectivity index (χ0) is 13.9. The van der Waals surface area contributed by atoms with E-state index < -0.39 is 0 Å². The van der Waals surface area contributed by atoms with Crippen molar-refractivity contribution >= 4 is 18.3 Å². The van der Waals surface area contributed by atoms with E-state index in [0.717, 1.165) is 32.5 Å². The van der Waals surface area contributed by atoms with Crippen molar-refractivity contribution in [1.82, 2.24) is 15.2 Å². The number of aromatic nitrogens is 1. The van der Waals surface area contributed by atoms with Crippen molar-refractivity contribution in [2.24, 2.45) is 5.92 Å². The summed E-state index contributed by atoms with van der Waals surface area (Å²) in [4.78, 5) is 27.8. The molecule has 1 aromatic heterocycles. The topological polar surface area (TPSA) is 65.2 Å². The van der Waals surface area contributed by atoms with Gasteiger partial charge in [0, 0.05) is 31.4 Å². The molecule has 3 rings (SSSR count). The first-order valence-corrected chi connectivity index (χ1v) is 7.45. The Labute approximate surface area is 130 Å². The average molecular weight is 312 g/mol. The van der Waals surface area contributed by atoms with E-state index in [9.17, 15) is 9.59 Å². The smallest absolute Gasteiger partial charge is 0.255 e. The van der Waals surface area contributed by atoms with Crippen molar-refractivity contribution in [2.45, 2.75) is 31.7 Å². The zero-order valence-electron chi connectivity index (χ0n) is 12.0. The lowest BCUT2D eigenvalue weighted by atomic mass is 9.88. The van der Waals surface area contributed by atoms with Crippen molar-refractivity contribution < 1.29 is 4.79 Å². The molecule has 6 heteroatoms. The quantitative estimate of drug-likeness (QED) is 0.868. The van der Waals surface area contributed by atoms with Crippen molar-refractivity contribution in [1.29, 1.82) is 0 Å². The number of H-pyrrole nitrogens is 1. The number of amides is 1. The highest BCUT2D eigenvalue weighted by molar-refractivity contribution is 5.93. The molecule has 5 nitrogen and oxygen atoms in total. The Bertz CT molecular complexity index is 511. The molecule has 1 amide bonds. The third-order valence-electron chi connectivity index (χ3n) is 4.53. The molecule has 1 unspecified atom stereocenters. The van der Waals surface area contributed by atoms with Gasteiger partial charge < -0.3 is 15.2 Å². The summed E-state index contributed by atoms with van der Waals surface area (Å²) in [5, 5.41) is 3.57. The molecule has 1 atom stereocenters. The van der Waals surface area contributed by atoms with Crippen LogP contribution < -0.4 is 10.9 Å². The van der Waals surface area contributed by atoms with Crippen LogP contribution in [0.3, 0.4) is 0 Å². The van der Waals surface area contributed by atoms with E-state index >= 15 is 0 Å². The molecule has 3 heterocycles. The van der Waals surface area contributed by atoms with Crippen LogP contribution in [0.1, 0.15) is 36.0 Å². The second-order valence-corrected chi connectivity index (χ2v) is 5.77. The molecule has 2 saturated heterocycles. The summed E-state index contributed by atoms with van der Waals surface area (Å²) in [5.41, 5.74) is 0.398. The van der Waals surface area contributed by atoms with E-state index in [1.807, 2.05) is 4.90 Å². The molecule has 116 valence electrons.